The van der Waals surface area contributed by atoms with Gasteiger partial charge in [-0.2, -0.15) is 5.10 Å². The lowest BCUT2D eigenvalue weighted by atomic mass is 10.1. The molecule has 2 amide bonds. The first-order valence-electron chi connectivity index (χ1n) is 13.3. The molecule has 4 aliphatic rings. The van der Waals surface area contributed by atoms with Gasteiger partial charge in [0.15, 0.2) is 11.6 Å². The van der Waals surface area contributed by atoms with E-state index < -0.39 is 5.79 Å². The Morgan fingerprint density at radius 1 is 1.26 bits per heavy atom. The molecule has 1 N–H and O–H groups in total. The molecule has 204 valence electrons. The van der Waals surface area contributed by atoms with E-state index in [0.29, 0.717) is 47.4 Å². The summed E-state index contributed by atoms with van der Waals surface area (Å²) < 4.78 is 19.2. The Kier molecular flexibility index (Phi) is 5.91. The Labute approximate surface area is 231 Å². The Morgan fingerprint density at radius 2 is 2.13 bits per heavy atom. The SMILES string of the molecule is CC1(C)OCC(COc2cc(NC(=O)N3c4nc(-c5cnn(C6CC6)c5)c(Cl)cc4N4CC[C@H]3C4)ccn2)O1. The lowest BCUT2D eigenvalue weighted by Gasteiger charge is -2.36. The highest BCUT2D eigenvalue weighted by Crippen LogP contribution is 2.43. The Bertz CT molecular complexity index is 1420. The molecule has 0 radical (unpaired) electrons. The van der Waals surface area contributed by atoms with Crippen molar-refractivity contribution in [1.29, 1.82) is 0 Å². The van der Waals surface area contributed by atoms with Gasteiger partial charge in [-0.05, 0) is 45.2 Å². The minimum Gasteiger partial charge on any atom is -0.475 e. The number of carbonyl (C=O) groups excluding carboxylic acids is 1. The minimum atomic E-state index is -0.617. The highest BCUT2D eigenvalue weighted by Gasteiger charge is 2.41. The van der Waals surface area contributed by atoms with Crippen molar-refractivity contribution in [2.75, 3.05) is 41.4 Å². The predicted octanol–water partition coefficient (Wildman–Crippen LogP) is 4.49. The third-order valence-corrected chi connectivity index (χ3v) is 7.81. The zero-order valence-corrected chi connectivity index (χ0v) is 22.6. The number of fused-ring (bicyclic) bond motifs is 4. The molecule has 0 aromatic carbocycles. The molecule has 3 aromatic rings. The van der Waals surface area contributed by atoms with E-state index in [-0.39, 0.29) is 18.2 Å². The van der Waals surface area contributed by atoms with Crippen molar-refractivity contribution in [3.63, 3.8) is 0 Å². The number of nitrogens with one attached hydrogen (secondary N) is 1. The van der Waals surface area contributed by atoms with Crippen LogP contribution in [0.25, 0.3) is 11.3 Å². The number of hydrogen-bond acceptors (Lipinski definition) is 8. The zero-order chi connectivity index (χ0) is 26.7. The summed E-state index contributed by atoms with van der Waals surface area (Å²) in [6, 6.07) is 5.57. The third-order valence-electron chi connectivity index (χ3n) is 7.52. The second-order valence-electron chi connectivity index (χ2n) is 10.9. The van der Waals surface area contributed by atoms with E-state index in [0.717, 1.165) is 43.6 Å². The van der Waals surface area contributed by atoms with Crippen LogP contribution in [0, 0.1) is 0 Å². The number of pyridine rings is 2. The fourth-order valence-corrected chi connectivity index (χ4v) is 5.72. The van der Waals surface area contributed by atoms with Crippen LogP contribution in [0.2, 0.25) is 5.02 Å². The molecule has 2 atom stereocenters. The fraction of sp³-hybridized carbons (Fsp3) is 0.481. The largest absolute Gasteiger partial charge is 0.475 e. The minimum absolute atomic E-state index is 0.00800. The average molecular weight is 552 g/mol. The Hall–Kier alpha value is -3.41. The quantitative estimate of drug-likeness (QED) is 0.477. The monoisotopic (exact) mass is 551 g/mol. The first-order valence-corrected chi connectivity index (χ1v) is 13.7. The second-order valence-corrected chi connectivity index (χ2v) is 11.3. The van der Waals surface area contributed by atoms with E-state index >= 15 is 0 Å². The van der Waals surface area contributed by atoms with Gasteiger partial charge in [0.2, 0.25) is 5.88 Å². The van der Waals surface area contributed by atoms with Crippen LogP contribution in [-0.2, 0) is 9.47 Å². The number of anilines is 3. The summed E-state index contributed by atoms with van der Waals surface area (Å²) in [5.74, 6) is 0.381. The molecule has 11 nitrogen and oxygen atoms in total. The normalized spacial score (nSPS) is 23.2. The zero-order valence-electron chi connectivity index (χ0n) is 21.8. The summed E-state index contributed by atoms with van der Waals surface area (Å²) in [6.45, 7) is 6.08. The van der Waals surface area contributed by atoms with Crippen molar-refractivity contribution >= 4 is 34.8 Å². The van der Waals surface area contributed by atoms with Crippen LogP contribution >= 0.6 is 11.6 Å². The molecule has 1 saturated carbocycles. The van der Waals surface area contributed by atoms with Crippen LogP contribution in [0.3, 0.4) is 0 Å². The van der Waals surface area contributed by atoms with Crippen molar-refractivity contribution in [1.82, 2.24) is 19.7 Å². The topological polar surface area (TPSA) is 107 Å². The number of halogens is 1. The summed E-state index contributed by atoms with van der Waals surface area (Å²) in [6.07, 6.45) is 8.33. The number of carbonyl (C=O) groups is 1. The smallest absolute Gasteiger partial charge is 0.327 e. The molecular weight excluding hydrogens is 522 g/mol. The molecule has 6 heterocycles. The van der Waals surface area contributed by atoms with Crippen LogP contribution in [0.15, 0.2) is 36.8 Å². The number of amides is 2. The number of nitrogens with zero attached hydrogens (tertiary/aromatic N) is 6. The summed E-state index contributed by atoms with van der Waals surface area (Å²) in [5.41, 5.74) is 2.92. The number of aromatic nitrogens is 4. The van der Waals surface area contributed by atoms with Crippen LogP contribution in [0.5, 0.6) is 5.88 Å². The summed E-state index contributed by atoms with van der Waals surface area (Å²) in [4.78, 5) is 26.9. The molecule has 12 heteroatoms. The molecule has 7 rings (SSSR count). The molecule has 1 aliphatic carbocycles. The lowest BCUT2D eigenvalue weighted by molar-refractivity contribution is -0.141. The Balaban J connectivity index is 1.12. The fourth-order valence-electron chi connectivity index (χ4n) is 5.46. The number of ether oxygens (including phenoxy) is 3. The van der Waals surface area contributed by atoms with E-state index in [2.05, 4.69) is 20.3 Å². The van der Waals surface area contributed by atoms with Crippen molar-refractivity contribution in [3.8, 4) is 17.1 Å². The second kappa shape index (κ2) is 9.35. The number of rotatable bonds is 6. The van der Waals surface area contributed by atoms with Gasteiger partial charge in [-0.3, -0.25) is 9.58 Å². The van der Waals surface area contributed by atoms with Crippen molar-refractivity contribution in [2.45, 2.75) is 57.1 Å². The molecule has 3 aliphatic heterocycles. The van der Waals surface area contributed by atoms with Crippen LogP contribution in [0.1, 0.15) is 39.2 Å². The third kappa shape index (κ3) is 4.79. The number of hydrogen-bond donors (Lipinski definition) is 1. The van der Waals surface area contributed by atoms with Gasteiger partial charge in [0.05, 0.1) is 41.3 Å². The molecule has 1 unspecified atom stereocenters. The first kappa shape index (κ1) is 24.6. The maximum atomic E-state index is 13.7. The molecule has 39 heavy (non-hydrogen) atoms. The van der Waals surface area contributed by atoms with Crippen LogP contribution < -0.4 is 19.9 Å². The van der Waals surface area contributed by atoms with Crippen molar-refractivity contribution in [2.24, 2.45) is 0 Å². The summed E-state index contributed by atoms with van der Waals surface area (Å²) in [7, 11) is 0. The van der Waals surface area contributed by atoms with Crippen molar-refractivity contribution in [3.05, 3.63) is 41.8 Å². The first-order chi connectivity index (χ1) is 18.8. The maximum absolute atomic E-state index is 13.7. The highest BCUT2D eigenvalue weighted by molar-refractivity contribution is 6.33. The predicted molar refractivity (Wildman–Crippen MR) is 145 cm³/mol. The standard InChI is InChI=1S/C27H30ClN7O4/c1-27(2)38-15-20(39-27)14-37-23-9-17(5-7-29-23)31-26(36)35-19-6-8-33(13-19)22-10-21(28)24(32-25(22)35)16-11-30-34(12-16)18-3-4-18/h5,7,9-12,18-20H,3-4,6,8,13-15H2,1-2H3,(H,29,31,36)/t19-,20?/m0/s1. The van der Waals surface area contributed by atoms with Gasteiger partial charge < -0.3 is 24.4 Å². The Morgan fingerprint density at radius 3 is 2.92 bits per heavy atom. The van der Waals surface area contributed by atoms with E-state index in [1.807, 2.05) is 30.8 Å². The molecule has 3 aromatic heterocycles. The lowest BCUT2D eigenvalue weighted by Crippen LogP contribution is -2.48. The van der Waals surface area contributed by atoms with Crippen LogP contribution in [-0.4, -0.2) is 70.0 Å². The van der Waals surface area contributed by atoms with Gasteiger partial charge in [0.25, 0.3) is 0 Å². The molecule has 2 bridgehead atoms. The molecule has 0 spiro atoms. The van der Waals surface area contributed by atoms with Gasteiger partial charge in [-0.25, -0.2) is 14.8 Å². The van der Waals surface area contributed by atoms with Crippen molar-refractivity contribution < 1.29 is 19.0 Å². The number of urea groups is 1. The van der Waals surface area contributed by atoms with Gasteiger partial charge >= 0.3 is 6.03 Å². The summed E-state index contributed by atoms with van der Waals surface area (Å²) in [5, 5.41) is 8.07. The molecule has 2 saturated heterocycles. The maximum Gasteiger partial charge on any atom is 0.327 e. The molecule has 3 fully saturated rings. The van der Waals surface area contributed by atoms with E-state index in [9.17, 15) is 4.79 Å². The van der Waals surface area contributed by atoms with E-state index in [1.54, 1.807) is 29.4 Å². The van der Waals surface area contributed by atoms with Gasteiger partial charge in [-0.15, -0.1) is 0 Å². The van der Waals surface area contributed by atoms with Crippen LogP contribution in [0.4, 0.5) is 22.0 Å². The average Bonchev–Trinajstić information content (AvgIpc) is 3.32. The molecular formula is C27H30ClN7O4. The highest BCUT2D eigenvalue weighted by atomic mass is 35.5. The van der Waals surface area contributed by atoms with E-state index in [4.69, 9.17) is 30.8 Å². The van der Waals surface area contributed by atoms with Gasteiger partial charge in [0.1, 0.15) is 12.7 Å². The van der Waals surface area contributed by atoms with E-state index in [1.165, 1.54) is 0 Å². The van der Waals surface area contributed by atoms with Gasteiger partial charge in [-0.1, -0.05) is 11.6 Å². The summed E-state index contributed by atoms with van der Waals surface area (Å²) >= 11 is 6.72. The van der Waals surface area contributed by atoms with Gasteiger partial charge in [0, 0.05) is 42.8 Å².